The molecule has 1 amide bonds. The van der Waals surface area contributed by atoms with Crippen molar-refractivity contribution >= 4 is 11.9 Å². The Bertz CT molecular complexity index is 1010. The highest BCUT2D eigenvalue weighted by atomic mass is 16.5. The van der Waals surface area contributed by atoms with Crippen molar-refractivity contribution in [2.24, 2.45) is 0 Å². The first-order valence-electron chi connectivity index (χ1n) is 27.3. The smallest absolute Gasteiger partial charge is 0.305 e. The number of allylic oxidation sites excluding steroid dienone is 4. The molecule has 0 bridgehead atoms. The van der Waals surface area contributed by atoms with Crippen LogP contribution in [-0.2, 0) is 14.3 Å². The van der Waals surface area contributed by atoms with E-state index >= 15 is 0 Å². The van der Waals surface area contributed by atoms with E-state index in [0.29, 0.717) is 19.4 Å². The first-order valence-corrected chi connectivity index (χ1v) is 27.3. The Hall–Kier alpha value is -1.92. The lowest BCUT2D eigenvalue weighted by Crippen LogP contribution is -2.45. The Morgan fingerprint density at radius 2 is 0.806 bits per heavy atom. The number of carbonyl (C=O) groups is 2. The lowest BCUT2D eigenvalue weighted by Gasteiger charge is -2.20. The number of nitrogens with one attached hydrogen (secondary N) is 1. The molecular formula is C56H105NO5. The fourth-order valence-corrected chi connectivity index (χ4v) is 8.24. The van der Waals surface area contributed by atoms with Gasteiger partial charge in [-0.25, -0.2) is 0 Å². The van der Waals surface area contributed by atoms with Crippen LogP contribution >= 0.6 is 0 Å². The number of unbranched alkanes of at least 4 members (excludes halogenated alkanes) is 35. The Labute approximate surface area is 385 Å². The molecule has 0 aliphatic rings. The molecule has 0 aromatic heterocycles. The van der Waals surface area contributed by atoms with Crippen molar-refractivity contribution < 1.29 is 24.5 Å². The largest absolute Gasteiger partial charge is 0.465 e. The van der Waals surface area contributed by atoms with Crippen LogP contribution in [0.2, 0.25) is 0 Å². The third-order valence-electron chi connectivity index (χ3n) is 12.4. The van der Waals surface area contributed by atoms with Crippen LogP contribution in [0.15, 0.2) is 36.5 Å². The van der Waals surface area contributed by atoms with E-state index in [1.54, 1.807) is 6.08 Å². The van der Waals surface area contributed by atoms with Crippen molar-refractivity contribution in [1.82, 2.24) is 5.32 Å². The van der Waals surface area contributed by atoms with Gasteiger partial charge in [-0.2, -0.15) is 0 Å². The fraction of sp³-hybridized carbons (Fsp3) is 0.857. The van der Waals surface area contributed by atoms with E-state index in [1.165, 1.54) is 205 Å². The zero-order chi connectivity index (χ0) is 45.1. The second-order valence-corrected chi connectivity index (χ2v) is 18.6. The highest BCUT2D eigenvalue weighted by Crippen LogP contribution is 2.16. The summed E-state index contributed by atoms with van der Waals surface area (Å²) in [4.78, 5) is 24.4. The topological polar surface area (TPSA) is 95.9 Å². The molecule has 0 rings (SSSR count). The molecule has 0 saturated heterocycles. The summed E-state index contributed by atoms with van der Waals surface area (Å²) in [6, 6.07) is -0.631. The van der Waals surface area contributed by atoms with Gasteiger partial charge in [-0.1, -0.05) is 256 Å². The average Bonchev–Trinajstić information content (AvgIpc) is 3.27. The number of aliphatic hydroxyl groups is 2. The molecule has 0 aliphatic heterocycles. The number of hydrogen-bond donors (Lipinski definition) is 3. The molecule has 0 heterocycles. The van der Waals surface area contributed by atoms with Gasteiger partial charge in [0, 0.05) is 12.8 Å². The Balaban J connectivity index is 3.48. The first-order chi connectivity index (χ1) is 30.5. The van der Waals surface area contributed by atoms with Gasteiger partial charge in [0.15, 0.2) is 0 Å². The maximum absolute atomic E-state index is 12.4. The van der Waals surface area contributed by atoms with E-state index < -0.39 is 12.1 Å². The maximum Gasteiger partial charge on any atom is 0.305 e. The minimum absolute atomic E-state index is 0.0366. The predicted octanol–water partition coefficient (Wildman–Crippen LogP) is 16.5. The number of hydrogen-bond acceptors (Lipinski definition) is 5. The quantitative estimate of drug-likeness (QED) is 0.0321. The Morgan fingerprint density at radius 3 is 1.23 bits per heavy atom. The summed E-state index contributed by atoms with van der Waals surface area (Å²) in [6.45, 7) is 4.78. The third kappa shape index (κ3) is 47.6. The lowest BCUT2D eigenvalue weighted by molar-refractivity contribution is -0.143. The molecule has 364 valence electrons. The predicted molar refractivity (Wildman–Crippen MR) is 269 cm³/mol. The van der Waals surface area contributed by atoms with Gasteiger partial charge < -0.3 is 20.3 Å². The van der Waals surface area contributed by atoms with E-state index in [1.807, 2.05) is 6.08 Å². The van der Waals surface area contributed by atoms with Gasteiger partial charge in [0.1, 0.15) is 0 Å². The van der Waals surface area contributed by atoms with Gasteiger partial charge in [0.2, 0.25) is 5.91 Å². The highest BCUT2D eigenvalue weighted by molar-refractivity contribution is 5.76. The number of carbonyl (C=O) groups excluding carboxylic acids is 2. The van der Waals surface area contributed by atoms with E-state index in [9.17, 15) is 19.8 Å². The van der Waals surface area contributed by atoms with Crippen molar-refractivity contribution in [3.05, 3.63) is 36.5 Å². The fourth-order valence-electron chi connectivity index (χ4n) is 8.24. The summed E-state index contributed by atoms with van der Waals surface area (Å²) in [5.74, 6) is -0.110. The van der Waals surface area contributed by atoms with Crippen LogP contribution in [0.3, 0.4) is 0 Å². The summed E-state index contributed by atoms with van der Waals surface area (Å²) in [5.41, 5.74) is 0. The molecule has 0 aromatic rings. The van der Waals surface area contributed by atoms with Gasteiger partial charge in [0.25, 0.3) is 0 Å². The molecule has 0 spiro atoms. The second kappa shape index (κ2) is 51.7. The summed E-state index contributed by atoms with van der Waals surface area (Å²) in [7, 11) is 0. The van der Waals surface area contributed by atoms with Crippen LogP contribution in [0.4, 0.5) is 0 Å². The molecular weight excluding hydrogens is 767 g/mol. The molecule has 6 nitrogen and oxygen atoms in total. The van der Waals surface area contributed by atoms with E-state index in [0.717, 1.165) is 51.4 Å². The monoisotopic (exact) mass is 872 g/mol. The van der Waals surface area contributed by atoms with E-state index in [2.05, 4.69) is 43.5 Å². The minimum atomic E-state index is -0.847. The van der Waals surface area contributed by atoms with Crippen LogP contribution in [0.25, 0.3) is 0 Å². The number of rotatable bonds is 50. The number of aliphatic hydroxyl groups excluding tert-OH is 2. The van der Waals surface area contributed by atoms with Crippen molar-refractivity contribution in [2.75, 3.05) is 13.2 Å². The zero-order valence-corrected chi connectivity index (χ0v) is 41.4. The Kier molecular flexibility index (Phi) is 50.1. The van der Waals surface area contributed by atoms with Crippen LogP contribution in [0, 0.1) is 0 Å². The SMILES string of the molecule is CCCCCCCCCCCCC/C=C/C(O)C(CO)NC(=O)CCCCCCCCCCCCCCCC/C=C\C/C=C\CCOC(=O)CCCCCCCCCCCCC. The molecule has 6 heteroatoms. The Morgan fingerprint density at radius 1 is 0.452 bits per heavy atom. The van der Waals surface area contributed by atoms with Crippen molar-refractivity contribution in [1.29, 1.82) is 0 Å². The molecule has 0 fully saturated rings. The normalized spacial score (nSPS) is 12.9. The highest BCUT2D eigenvalue weighted by Gasteiger charge is 2.18. The molecule has 0 saturated carbocycles. The van der Waals surface area contributed by atoms with Crippen molar-refractivity contribution in [2.45, 2.75) is 296 Å². The van der Waals surface area contributed by atoms with E-state index in [-0.39, 0.29) is 18.5 Å². The first kappa shape index (κ1) is 60.1. The zero-order valence-electron chi connectivity index (χ0n) is 41.4. The molecule has 62 heavy (non-hydrogen) atoms. The van der Waals surface area contributed by atoms with Crippen LogP contribution in [0.5, 0.6) is 0 Å². The van der Waals surface area contributed by atoms with Crippen LogP contribution in [0.1, 0.15) is 284 Å². The van der Waals surface area contributed by atoms with Gasteiger partial charge in [-0.3, -0.25) is 9.59 Å². The number of amides is 1. The number of esters is 1. The molecule has 3 N–H and O–H groups in total. The minimum Gasteiger partial charge on any atom is -0.465 e. The van der Waals surface area contributed by atoms with Crippen molar-refractivity contribution in [3.63, 3.8) is 0 Å². The second-order valence-electron chi connectivity index (χ2n) is 18.6. The molecule has 2 atom stereocenters. The van der Waals surface area contributed by atoms with Crippen molar-refractivity contribution in [3.8, 4) is 0 Å². The lowest BCUT2D eigenvalue weighted by atomic mass is 10.0. The summed E-state index contributed by atoms with van der Waals surface area (Å²) in [5, 5.41) is 23.0. The van der Waals surface area contributed by atoms with Gasteiger partial charge in [0.05, 0.1) is 25.4 Å². The standard InChI is InChI=1S/C56H105NO5/c1-3-5-7-9-11-13-15-25-29-32-36-40-44-48-54(59)53(52-58)57-55(60)49-45-41-37-33-30-26-23-21-19-17-16-18-20-22-24-27-31-35-39-43-47-51-62-56(61)50-46-42-38-34-28-14-12-10-8-6-4-2/h27,31,39,43-44,48,53-54,58-59H,3-26,28-30,32-38,40-42,45-47,49-52H2,1-2H3,(H,57,60)/b31-27-,43-39-,48-44+. The van der Waals surface area contributed by atoms with Crippen LogP contribution in [-0.4, -0.2) is 47.4 Å². The van der Waals surface area contributed by atoms with Crippen LogP contribution < -0.4 is 5.32 Å². The maximum atomic E-state index is 12.4. The van der Waals surface area contributed by atoms with Gasteiger partial charge in [-0.05, 0) is 51.4 Å². The summed E-state index contributed by atoms with van der Waals surface area (Å²) in [6.07, 6.45) is 63.2. The molecule has 0 radical (unpaired) electrons. The third-order valence-corrected chi connectivity index (χ3v) is 12.4. The van der Waals surface area contributed by atoms with E-state index in [4.69, 9.17) is 4.74 Å². The van der Waals surface area contributed by atoms with Gasteiger partial charge in [-0.15, -0.1) is 0 Å². The molecule has 0 aromatic carbocycles. The average molecular weight is 872 g/mol. The summed E-state index contributed by atoms with van der Waals surface area (Å²) < 4.78 is 5.39. The molecule has 2 unspecified atom stereocenters. The van der Waals surface area contributed by atoms with Gasteiger partial charge >= 0.3 is 5.97 Å². The molecule has 0 aliphatic carbocycles. The number of ether oxygens (including phenoxy) is 1. The summed E-state index contributed by atoms with van der Waals surface area (Å²) >= 11 is 0.